The second-order valence-electron chi connectivity index (χ2n) is 8.77. The second-order valence-corrected chi connectivity index (χ2v) is 10.6. The molecule has 2 amide bonds. The number of likely N-dealkylation sites (N-methyl/N-ethyl adjacent to an activating group) is 1. The molecule has 1 N–H and O–H groups in total. The van der Waals surface area contributed by atoms with Crippen LogP contribution in [0.5, 0.6) is 5.75 Å². The maximum Gasteiger partial charge on any atom is 0.264 e. The lowest BCUT2D eigenvalue weighted by atomic mass is 10.1. The third-order valence-electron chi connectivity index (χ3n) is 6.15. The first-order valence-electron chi connectivity index (χ1n) is 12.6. The van der Waals surface area contributed by atoms with Crippen LogP contribution in [-0.4, -0.2) is 51.4 Å². The Balaban J connectivity index is 2.09. The van der Waals surface area contributed by atoms with Crippen LogP contribution in [0.1, 0.15) is 31.4 Å². The molecule has 0 aromatic heterocycles. The molecule has 0 saturated carbocycles. The minimum atomic E-state index is -4.15. The van der Waals surface area contributed by atoms with Crippen LogP contribution in [0.15, 0.2) is 83.8 Å². The molecule has 1 atom stereocenters. The van der Waals surface area contributed by atoms with E-state index in [1.54, 1.807) is 49.4 Å². The topological polar surface area (TPSA) is 96.0 Å². The van der Waals surface area contributed by atoms with Crippen LogP contribution in [0, 0.1) is 6.92 Å². The highest BCUT2D eigenvalue weighted by atomic mass is 32.2. The molecule has 0 aliphatic heterocycles. The van der Waals surface area contributed by atoms with Crippen molar-refractivity contribution in [2.45, 2.75) is 44.7 Å². The van der Waals surface area contributed by atoms with Gasteiger partial charge in [-0.25, -0.2) is 8.42 Å². The average molecular weight is 538 g/mol. The Labute approximate surface area is 225 Å². The van der Waals surface area contributed by atoms with Gasteiger partial charge in [0.1, 0.15) is 18.3 Å². The van der Waals surface area contributed by atoms with Gasteiger partial charge in [0.2, 0.25) is 11.8 Å². The monoisotopic (exact) mass is 537 g/mol. The van der Waals surface area contributed by atoms with E-state index < -0.39 is 28.5 Å². The molecule has 0 radical (unpaired) electrons. The van der Waals surface area contributed by atoms with Crippen molar-refractivity contribution < 1.29 is 22.7 Å². The van der Waals surface area contributed by atoms with Crippen LogP contribution in [0.3, 0.4) is 0 Å². The molecule has 0 aliphatic carbocycles. The fourth-order valence-corrected chi connectivity index (χ4v) is 5.60. The van der Waals surface area contributed by atoms with Crippen LogP contribution >= 0.6 is 0 Å². The van der Waals surface area contributed by atoms with Crippen molar-refractivity contribution in [3.05, 3.63) is 90.0 Å². The van der Waals surface area contributed by atoms with Crippen molar-refractivity contribution in [3.8, 4) is 5.75 Å². The molecule has 3 aromatic carbocycles. The standard InChI is InChI=1S/C29H35N3O5S/c1-5-25(29(34)30-4)31(20-23-18-16-22(3)17-19-23)28(33)21-32(26-14-10-11-15-27(26)37-6-2)38(35,36)24-12-8-7-9-13-24/h7-19,25H,5-6,20-21H2,1-4H3,(H,30,34)/t25-/m1/s1. The van der Waals surface area contributed by atoms with Crippen molar-refractivity contribution in [1.82, 2.24) is 10.2 Å². The van der Waals surface area contributed by atoms with Gasteiger partial charge >= 0.3 is 0 Å². The first-order valence-corrected chi connectivity index (χ1v) is 14.0. The highest BCUT2D eigenvalue weighted by Gasteiger charge is 2.34. The predicted molar refractivity (Wildman–Crippen MR) is 148 cm³/mol. The Morgan fingerprint density at radius 3 is 2.16 bits per heavy atom. The summed E-state index contributed by atoms with van der Waals surface area (Å²) in [6.45, 7) is 5.54. The highest BCUT2D eigenvalue weighted by Crippen LogP contribution is 2.33. The van der Waals surface area contributed by atoms with Gasteiger partial charge in [-0.05, 0) is 50.1 Å². The van der Waals surface area contributed by atoms with E-state index in [0.29, 0.717) is 18.8 Å². The first kappa shape index (κ1) is 28.7. The second kappa shape index (κ2) is 13.1. The number of anilines is 1. The van der Waals surface area contributed by atoms with E-state index in [9.17, 15) is 18.0 Å². The van der Waals surface area contributed by atoms with Crippen LogP contribution in [0.4, 0.5) is 5.69 Å². The van der Waals surface area contributed by atoms with Crippen molar-refractivity contribution in [2.75, 3.05) is 24.5 Å². The number of nitrogens with one attached hydrogen (secondary N) is 1. The molecule has 3 rings (SSSR count). The molecule has 0 saturated heterocycles. The molecular weight excluding hydrogens is 502 g/mol. The van der Waals surface area contributed by atoms with E-state index in [2.05, 4.69) is 5.32 Å². The Morgan fingerprint density at radius 2 is 1.55 bits per heavy atom. The fourth-order valence-electron chi connectivity index (χ4n) is 4.15. The smallest absolute Gasteiger partial charge is 0.264 e. The lowest BCUT2D eigenvalue weighted by molar-refractivity contribution is -0.140. The van der Waals surface area contributed by atoms with Crippen LogP contribution in [-0.2, 0) is 26.2 Å². The summed E-state index contributed by atoms with van der Waals surface area (Å²) < 4.78 is 34.6. The maximum absolute atomic E-state index is 14.0. The zero-order chi connectivity index (χ0) is 27.7. The predicted octanol–water partition coefficient (Wildman–Crippen LogP) is 4.14. The molecular formula is C29H35N3O5S. The van der Waals surface area contributed by atoms with E-state index in [1.165, 1.54) is 24.1 Å². The SMILES string of the molecule is CCOc1ccccc1N(CC(=O)N(Cc1ccc(C)cc1)[C@H](CC)C(=O)NC)S(=O)(=O)c1ccccc1. The van der Waals surface area contributed by atoms with Crippen LogP contribution in [0.2, 0.25) is 0 Å². The molecule has 0 heterocycles. The lowest BCUT2D eigenvalue weighted by Crippen LogP contribution is -2.51. The molecule has 202 valence electrons. The molecule has 9 heteroatoms. The van der Waals surface area contributed by atoms with Crippen molar-refractivity contribution in [2.24, 2.45) is 0 Å². The number of nitrogens with zero attached hydrogens (tertiary/aromatic N) is 2. The summed E-state index contributed by atoms with van der Waals surface area (Å²) in [6.07, 6.45) is 0.359. The van der Waals surface area contributed by atoms with Gasteiger partial charge in [-0.3, -0.25) is 13.9 Å². The molecule has 0 aliphatic rings. The van der Waals surface area contributed by atoms with Crippen molar-refractivity contribution in [1.29, 1.82) is 0 Å². The minimum Gasteiger partial charge on any atom is -0.492 e. The quantitative estimate of drug-likeness (QED) is 0.375. The largest absolute Gasteiger partial charge is 0.492 e. The highest BCUT2D eigenvalue weighted by molar-refractivity contribution is 7.92. The maximum atomic E-state index is 14.0. The summed E-state index contributed by atoms with van der Waals surface area (Å²) in [5.74, 6) is -0.488. The minimum absolute atomic E-state index is 0.0440. The zero-order valence-corrected chi connectivity index (χ0v) is 23.1. The molecule has 8 nitrogen and oxygen atoms in total. The number of carbonyl (C=O) groups excluding carboxylic acids is 2. The number of amides is 2. The number of aryl methyl sites for hydroxylation is 1. The lowest BCUT2D eigenvalue weighted by Gasteiger charge is -2.33. The molecule has 0 spiro atoms. The van der Waals surface area contributed by atoms with Gasteiger partial charge in [0.05, 0.1) is 17.2 Å². The number of hydrogen-bond acceptors (Lipinski definition) is 5. The fraction of sp³-hybridized carbons (Fsp3) is 0.310. The normalized spacial score (nSPS) is 11.9. The van der Waals surface area contributed by atoms with Gasteiger partial charge in [0.25, 0.3) is 10.0 Å². The van der Waals surface area contributed by atoms with Gasteiger partial charge in [-0.1, -0.05) is 67.1 Å². The summed E-state index contributed by atoms with van der Waals surface area (Å²) in [6, 6.07) is 21.5. The number of carbonyl (C=O) groups is 2. The van der Waals surface area contributed by atoms with Crippen molar-refractivity contribution >= 4 is 27.5 Å². The molecule has 3 aromatic rings. The number of rotatable bonds is 12. The van der Waals surface area contributed by atoms with E-state index >= 15 is 0 Å². The van der Waals surface area contributed by atoms with E-state index in [0.717, 1.165) is 15.4 Å². The summed E-state index contributed by atoms with van der Waals surface area (Å²) in [5.41, 5.74) is 2.14. The van der Waals surface area contributed by atoms with Crippen molar-refractivity contribution in [3.63, 3.8) is 0 Å². The Bertz CT molecular complexity index is 1330. The number of benzene rings is 3. The Morgan fingerprint density at radius 1 is 0.921 bits per heavy atom. The van der Waals surface area contributed by atoms with E-state index in [1.807, 2.05) is 38.1 Å². The summed E-state index contributed by atoms with van der Waals surface area (Å²) >= 11 is 0. The molecule has 38 heavy (non-hydrogen) atoms. The van der Waals surface area contributed by atoms with Crippen LogP contribution in [0.25, 0.3) is 0 Å². The third-order valence-corrected chi connectivity index (χ3v) is 7.92. The van der Waals surface area contributed by atoms with E-state index in [4.69, 9.17) is 4.74 Å². The number of para-hydroxylation sites is 2. The third kappa shape index (κ3) is 6.72. The molecule has 0 bridgehead atoms. The van der Waals surface area contributed by atoms with Gasteiger partial charge in [0.15, 0.2) is 0 Å². The first-order chi connectivity index (χ1) is 18.2. The van der Waals surface area contributed by atoms with E-state index in [-0.39, 0.29) is 23.0 Å². The number of ether oxygens (including phenoxy) is 1. The molecule has 0 fully saturated rings. The number of sulfonamides is 1. The van der Waals surface area contributed by atoms with Crippen LogP contribution < -0.4 is 14.4 Å². The summed E-state index contributed by atoms with van der Waals surface area (Å²) in [4.78, 5) is 28.2. The zero-order valence-electron chi connectivity index (χ0n) is 22.3. The Kier molecular flexibility index (Phi) is 9.90. The van der Waals surface area contributed by atoms with Gasteiger partial charge < -0.3 is 15.0 Å². The summed E-state index contributed by atoms with van der Waals surface area (Å²) in [7, 11) is -2.64. The van der Waals surface area contributed by atoms with Gasteiger partial charge in [-0.15, -0.1) is 0 Å². The Hall–Kier alpha value is -3.85. The van der Waals surface area contributed by atoms with Gasteiger partial charge in [0, 0.05) is 13.6 Å². The average Bonchev–Trinajstić information content (AvgIpc) is 2.93. The summed E-state index contributed by atoms with van der Waals surface area (Å²) in [5, 5.41) is 2.63. The molecule has 0 unspecified atom stereocenters. The number of hydrogen-bond donors (Lipinski definition) is 1. The van der Waals surface area contributed by atoms with Gasteiger partial charge in [-0.2, -0.15) is 0 Å².